The Bertz CT molecular complexity index is 891. The molecule has 0 spiro atoms. The Morgan fingerprint density at radius 3 is 2.32 bits per heavy atom. The second-order valence-electron chi connectivity index (χ2n) is 5.59. The predicted molar refractivity (Wildman–Crippen MR) is 96.2 cm³/mol. The van der Waals surface area contributed by atoms with E-state index in [0.717, 1.165) is 16.5 Å². The SMILES string of the molecule is CCOP(=O)(Cc1ccc(-c2cc3ccc(F)cc3o2)cc1)OCC. The summed E-state index contributed by atoms with van der Waals surface area (Å²) in [7, 11) is -3.12. The lowest BCUT2D eigenvalue weighted by molar-refractivity contribution is 0.219. The molecule has 0 aliphatic heterocycles. The molecule has 0 fully saturated rings. The van der Waals surface area contributed by atoms with E-state index in [-0.39, 0.29) is 12.0 Å². The van der Waals surface area contributed by atoms with E-state index in [2.05, 4.69) is 0 Å². The maximum atomic E-state index is 13.3. The fraction of sp³-hybridized carbons (Fsp3) is 0.263. The molecular weight excluding hydrogens is 342 g/mol. The molecule has 1 heterocycles. The lowest BCUT2D eigenvalue weighted by Crippen LogP contribution is -1.99. The van der Waals surface area contributed by atoms with Crippen LogP contribution in [-0.2, 0) is 19.8 Å². The van der Waals surface area contributed by atoms with Crippen molar-refractivity contribution in [3.8, 4) is 11.3 Å². The van der Waals surface area contributed by atoms with Gasteiger partial charge in [0.2, 0.25) is 0 Å². The fourth-order valence-electron chi connectivity index (χ4n) is 2.67. The third kappa shape index (κ3) is 4.18. The first-order valence-electron chi connectivity index (χ1n) is 8.19. The van der Waals surface area contributed by atoms with Crippen molar-refractivity contribution in [3.63, 3.8) is 0 Å². The highest BCUT2D eigenvalue weighted by atomic mass is 31.2. The molecule has 0 saturated heterocycles. The highest BCUT2D eigenvalue weighted by Gasteiger charge is 2.24. The van der Waals surface area contributed by atoms with Gasteiger partial charge in [0.1, 0.15) is 17.2 Å². The van der Waals surface area contributed by atoms with Gasteiger partial charge < -0.3 is 13.5 Å². The standard InChI is InChI=1S/C19H20FO4P/c1-3-22-25(21,23-4-2)13-14-5-7-15(8-6-14)18-11-16-9-10-17(20)12-19(16)24-18/h5-12H,3-4,13H2,1-2H3. The van der Waals surface area contributed by atoms with Crippen molar-refractivity contribution < 1.29 is 22.4 Å². The highest BCUT2D eigenvalue weighted by Crippen LogP contribution is 2.51. The molecule has 2 aromatic carbocycles. The van der Waals surface area contributed by atoms with E-state index in [1.54, 1.807) is 19.9 Å². The second kappa shape index (κ2) is 7.52. The molecule has 4 nitrogen and oxygen atoms in total. The third-order valence-electron chi connectivity index (χ3n) is 3.75. The topological polar surface area (TPSA) is 48.7 Å². The zero-order valence-corrected chi connectivity index (χ0v) is 15.1. The van der Waals surface area contributed by atoms with Crippen molar-refractivity contribution >= 4 is 18.6 Å². The van der Waals surface area contributed by atoms with E-state index >= 15 is 0 Å². The van der Waals surface area contributed by atoms with E-state index in [4.69, 9.17) is 13.5 Å². The highest BCUT2D eigenvalue weighted by molar-refractivity contribution is 7.53. The molecule has 0 aliphatic rings. The molecule has 0 unspecified atom stereocenters. The van der Waals surface area contributed by atoms with E-state index in [0.29, 0.717) is 24.6 Å². The summed E-state index contributed by atoms with van der Waals surface area (Å²) in [6.07, 6.45) is 0.223. The maximum absolute atomic E-state index is 13.3. The van der Waals surface area contributed by atoms with Crippen LogP contribution in [0.25, 0.3) is 22.3 Å². The Morgan fingerprint density at radius 2 is 1.68 bits per heavy atom. The van der Waals surface area contributed by atoms with Crippen LogP contribution in [-0.4, -0.2) is 13.2 Å². The third-order valence-corrected chi connectivity index (χ3v) is 5.80. The Morgan fingerprint density at radius 1 is 1.00 bits per heavy atom. The quantitative estimate of drug-likeness (QED) is 0.483. The Kier molecular flexibility index (Phi) is 5.38. The van der Waals surface area contributed by atoms with Gasteiger partial charge in [0.15, 0.2) is 0 Å². The summed E-state index contributed by atoms with van der Waals surface area (Å²) in [5, 5.41) is 0.845. The Balaban J connectivity index is 1.82. The molecule has 0 atom stereocenters. The number of fused-ring (bicyclic) bond motifs is 1. The molecular formula is C19H20FO4P. The maximum Gasteiger partial charge on any atom is 0.335 e. The second-order valence-corrected chi connectivity index (χ2v) is 7.65. The van der Waals surface area contributed by atoms with Crippen LogP contribution < -0.4 is 0 Å². The van der Waals surface area contributed by atoms with Crippen molar-refractivity contribution in [1.82, 2.24) is 0 Å². The summed E-state index contributed by atoms with van der Waals surface area (Å²) in [6, 6.07) is 13.8. The zero-order chi connectivity index (χ0) is 17.9. The van der Waals surface area contributed by atoms with E-state index in [1.807, 2.05) is 30.3 Å². The molecule has 3 aromatic rings. The Hall–Kier alpha value is -1.94. The minimum atomic E-state index is -3.12. The van der Waals surface area contributed by atoms with Gasteiger partial charge in [0, 0.05) is 17.0 Å². The molecule has 0 aliphatic carbocycles. The van der Waals surface area contributed by atoms with Crippen molar-refractivity contribution in [1.29, 1.82) is 0 Å². The van der Waals surface area contributed by atoms with Crippen molar-refractivity contribution in [2.24, 2.45) is 0 Å². The zero-order valence-electron chi connectivity index (χ0n) is 14.2. The lowest BCUT2D eigenvalue weighted by Gasteiger charge is -2.17. The van der Waals surface area contributed by atoms with Crippen LogP contribution in [0.3, 0.4) is 0 Å². The molecule has 0 bridgehead atoms. The van der Waals surface area contributed by atoms with E-state index in [1.165, 1.54) is 12.1 Å². The number of hydrogen-bond donors (Lipinski definition) is 0. The Labute approximate surface area is 146 Å². The smallest absolute Gasteiger partial charge is 0.335 e. The summed E-state index contributed by atoms with van der Waals surface area (Å²) in [4.78, 5) is 0. The van der Waals surface area contributed by atoms with Gasteiger partial charge >= 0.3 is 7.60 Å². The monoisotopic (exact) mass is 362 g/mol. The number of furan rings is 1. The van der Waals surface area contributed by atoms with Gasteiger partial charge in [-0.1, -0.05) is 24.3 Å². The van der Waals surface area contributed by atoms with Gasteiger partial charge in [-0.15, -0.1) is 0 Å². The molecule has 132 valence electrons. The van der Waals surface area contributed by atoms with Crippen LogP contribution in [0.15, 0.2) is 52.9 Å². The molecule has 25 heavy (non-hydrogen) atoms. The molecule has 6 heteroatoms. The number of rotatable bonds is 7. The first kappa shape index (κ1) is 17.9. The van der Waals surface area contributed by atoms with Crippen LogP contribution in [0, 0.1) is 5.82 Å². The van der Waals surface area contributed by atoms with Crippen molar-refractivity contribution in [2.45, 2.75) is 20.0 Å². The summed E-state index contributed by atoms with van der Waals surface area (Å²) in [5.74, 6) is 0.330. The van der Waals surface area contributed by atoms with Gasteiger partial charge in [0.25, 0.3) is 0 Å². The van der Waals surface area contributed by atoms with Gasteiger partial charge in [-0.2, -0.15) is 0 Å². The van der Waals surface area contributed by atoms with Crippen molar-refractivity contribution in [3.05, 3.63) is 59.9 Å². The van der Waals surface area contributed by atoms with Gasteiger partial charge in [-0.25, -0.2) is 4.39 Å². The van der Waals surface area contributed by atoms with Crippen LogP contribution in [0.2, 0.25) is 0 Å². The summed E-state index contributed by atoms with van der Waals surface area (Å²) < 4.78 is 42.2. The minimum Gasteiger partial charge on any atom is -0.456 e. The molecule has 0 amide bonds. The van der Waals surface area contributed by atoms with Crippen LogP contribution in [0.4, 0.5) is 4.39 Å². The summed E-state index contributed by atoms with van der Waals surface area (Å²) in [6.45, 7) is 4.26. The fourth-order valence-corrected chi connectivity index (χ4v) is 4.37. The first-order chi connectivity index (χ1) is 12.0. The number of halogens is 1. The van der Waals surface area contributed by atoms with Gasteiger partial charge in [-0.3, -0.25) is 4.57 Å². The average Bonchev–Trinajstić information content (AvgIpc) is 2.99. The van der Waals surface area contributed by atoms with E-state index < -0.39 is 7.60 Å². The molecule has 0 saturated carbocycles. The predicted octanol–water partition coefficient (Wildman–Crippen LogP) is 6.01. The minimum absolute atomic E-state index is 0.223. The number of benzene rings is 2. The largest absolute Gasteiger partial charge is 0.456 e. The first-order valence-corrected chi connectivity index (χ1v) is 9.92. The number of hydrogen-bond acceptors (Lipinski definition) is 4. The molecule has 0 N–H and O–H groups in total. The van der Waals surface area contributed by atoms with Crippen molar-refractivity contribution in [2.75, 3.05) is 13.2 Å². The lowest BCUT2D eigenvalue weighted by atomic mass is 10.1. The summed E-state index contributed by atoms with van der Waals surface area (Å²) in [5.41, 5.74) is 2.23. The average molecular weight is 362 g/mol. The molecule has 0 radical (unpaired) electrons. The normalized spacial score (nSPS) is 12.0. The van der Waals surface area contributed by atoms with E-state index in [9.17, 15) is 8.96 Å². The molecule has 3 rings (SSSR count). The van der Waals surface area contributed by atoms with Crippen LogP contribution in [0.1, 0.15) is 19.4 Å². The van der Waals surface area contributed by atoms with Gasteiger partial charge in [-0.05, 0) is 37.6 Å². The van der Waals surface area contributed by atoms with Gasteiger partial charge in [0.05, 0.1) is 19.4 Å². The summed E-state index contributed by atoms with van der Waals surface area (Å²) >= 11 is 0. The van der Waals surface area contributed by atoms with Crippen LogP contribution >= 0.6 is 7.60 Å². The van der Waals surface area contributed by atoms with Crippen LogP contribution in [0.5, 0.6) is 0 Å². The molecule has 1 aromatic heterocycles.